The quantitative estimate of drug-likeness (QED) is 0.747. The molecule has 0 aromatic carbocycles. The van der Waals surface area contributed by atoms with E-state index < -0.39 is 0 Å². The van der Waals surface area contributed by atoms with Gasteiger partial charge in [-0.05, 0) is 69.4 Å². The standard InChI is InChI=1S/C14H26N2/c15-6-1-7-16(14-4-5-14)10-13-9-11-2-3-12(13)8-11/h11-14H,1-10,15H2. The summed E-state index contributed by atoms with van der Waals surface area (Å²) in [6, 6.07) is 0.936. The van der Waals surface area contributed by atoms with Crippen LogP contribution in [0.3, 0.4) is 0 Å². The molecular formula is C14H26N2. The predicted molar refractivity (Wildman–Crippen MR) is 67.2 cm³/mol. The largest absolute Gasteiger partial charge is 0.330 e. The molecule has 2 heteroatoms. The summed E-state index contributed by atoms with van der Waals surface area (Å²) in [6.45, 7) is 3.51. The van der Waals surface area contributed by atoms with E-state index in [1.807, 2.05) is 0 Å². The van der Waals surface area contributed by atoms with Gasteiger partial charge in [0, 0.05) is 12.6 Å². The molecule has 0 amide bonds. The molecule has 0 saturated heterocycles. The molecule has 2 nitrogen and oxygen atoms in total. The zero-order valence-corrected chi connectivity index (χ0v) is 10.4. The molecular weight excluding hydrogens is 196 g/mol. The van der Waals surface area contributed by atoms with E-state index in [1.54, 1.807) is 6.42 Å². The van der Waals surface area contributed by atoms with Gasteiger partial charge in [-0.3, -0.25) is 0 Å². The number of fused-ring (bicyclic) bond motifs is 2. The summed E-state index contributed by atoms with van der Waals surface area (Å²) in [7, 11) is 0. The third-order valence-corrected chi connectivity index (χ3v) is 5.07. The first-order chi connectivity index (χ1) is 7.86. The molecule has 3 aliphatic carbocycles. The lowest BCUT2D eigenvalue weighted by molar-refractivity contribution is 0.181. The Morgan fingerprint density at radius 3 is 2.50 bits per heavy atom. The fourth-order valence-corrected chi connectivity index (χ4v) is 4.06. The van der Waals surface area contributed by atoms with E-state index in [0.717, 1.165) is 30.3 Å². The van der Waals surface area contributed by atoms with Gasteiger partial charge in [0.25, 0.3) is 0 Å². The van der Waals surface area contributed by atoms with Crippen LogP contribution in [0.1, 0.15) is 44.9 Å². The van der Waals surface area contributed by atoms with Gasteiger partial charge in [-0.25, -0.2) is 0 Å². The van der Waals surface area contributed by atoms with Gasteiger partial charge >= 0.3 is 0 Å². The van der Waals surface area contributed by atoms with Gasteiger partial charge in [0.15, 0.2) is 0 Å². The van der Waals surface area contributed by atoms with Crippen LogP contribution in [0.5, 0.6) is 0 Å². The molecule has 3 aliphatic rings. The first-order valence-electron chi connectivity index (χ1n) is 7.31. The van der Waals surface area contributed by atoms with Crippen molar-refractivity contribution in [2.24, 2.45) is 23.5 Å². The van der Waals surface area contributed by atoms with Crippen LogP contribution in [-0.2, 0) is 0 Å². The predicted octanol–water partition coefficient (Wildman–Crippen LogP) is 2.24. The molecule has 0 aromatic heterocycles. The van der Waals surface area contributed by atoms with Gasteiger partial charge in [-0.2, -0.15) is 0 Å². The molecule has 0 radical (unpaired) electrons. The Bertz CT molecular complexity index is 237. The van der Waals surface area contributed by atoms with Crippen LogP contribution >= 0.6 is 0 Å². The summed E-state index contributed by atoms with van der Waals surface area (Å²) in [4.78, 5) is 2.76. The van der Waals surface area contributed by atoms with E-state index in [9.17, 15) is 0 Å². The molecule has 3 saturated carbocycles. The molecule has 2 N–H and O–H groups in total. The van der Waals surface area contributed by atoms with Gasteiger partial charge in [-0.15, -0.1) is 0 Å². The molecule has 92 valence electrons. The highest BCUT2D eigenvalue weighted by Crippen LogP contribution is 2.49. The van der Waals surface area contributed by atoms with Crippen LogP contribution in [0.25, 0.3) is 0 Å². The Morgan fingerprint density at radius 1 is 1.06 bits per heavy atom. The summed E-state index contributed by atoms with van der Waals surface area (Å²) in [5.74, 6) is 3.23. The van der Waals surface area contributed by atoms with Crippen molar-refractivity contribution in [2.75, 3.05) is 19.6 Å². The first kappa shape index (κ1) is 11.0. The summed E-state index contributed by atoms with van der Waals surface area (Å²) in [5.41, 5.74) is 5.64. The number of rotatable bonds is 6. The van der Waals surface area contributed by atoms with Gasteiger partial charge in [-0.1, -0.05) is 6.42 Å². The van der Waals surface area contributed by atoms with E-state index in [0.29, 0.717) is 0 Å². The Hall–Kier alpha value is -0.0800. The SMILES string of the molecule is NCCCN(CC1CC2CCC1C2)C1CC1. The highest BCUT2D eigenvalue weighted by molar-refractivity contribution is 4.93. The van der Waals surface area contributed by atoms with Crippen LogP contribution < -0.4 is 5.73 Å². The maximum absolute atomic E-state index is 5.64. The number of nitrogens with two attached hydrogens (primary N) is 1. The second-order valence-corrected chi connectivity index (χ2v) is 6.30. The van der Waals surface area contributed by atoms with E-state index in [2.05, 4.69) is 4.90 Å². The lowest BCUT2D eigenvalue weighted by atomic mass is 9.88. The highest BCUT2D eigenvalue weighted by Gasteiger charge is 2.41. The van der Waals surface area contributed by atoms with Crippen LogP contribution in [0, 0.1) is 17.8 Å². The van der Waals surface area contributed by atoms with Crippen LogP contribution in [0.15, 0.2) is 0 Å². The maximum Gasteiger partial charge on any atom is 0.00965 e. The van der Waals surface area contributed by atoms with Crippen LogP contribution in [-0.4, -0.2) is 30.6 Å². The van der Waals surface area contributed by atoms with E-state index >= 15 is 0 Å². The molecule has 3 rings (SSSR count). The van der Waals surface area contributed by atoms with Crippen molar-refractivity contribution < 1.29 is 0 Å². The molecule has 16 heavy (non-hydrogen) atoms. The Balaban J connectivity index is 1.51. The van der Waals surface area contributed by atoms with Crippen LogP contribution in [0.4, 0.5) is 0 Å². The molecule has 3 unspecified atom stereocenters. The molecule has 0 heterocycles. The molecule has 2 bridgehead atoms. The second kappa shape index (κ2) is 4.66. The Labute approximate surface area is 99.6 Å². The third-order valence-electron chi connectivity index (χ3n) is 5.07. The van der Waals surface area contributed by atoms with Crippen molar-refractivity contribution in [2.45, 2.75) is 51.0 Å². The fourth-order valence-electron chi connectivity index (χ4n) is 4.06. The summed E-state index contributed by atoms with van der Waals surface area (Å²) in [6.07, 6.45) is 10.3. The normalized spacial score (nSPS) is 37.5. The van der Waals surface area contributed by atoms with Gasteiger partial charge in [0.2, 0.25) is 0 Å². The third kappa shape index (κ3) is 2.28. The average Bonchev–Trinajstić information content (AvgIpc) is 2.94. The smallest absolute Gasteiger partial charge is 0.00965 e. The topological polar surface area (TPSA) is 29.3 Å². The zero-order valence-electron chi connectivity index (χ0n) is 10.4. The second-order valence-electron chi connectivity index (χ2n) is 6.30. The first-order valence-corrected chi connectivity index (χ1v) is 7.31. The summed E-state index contributed by atoms with van der Waals surface area (Å²) in [5, 5.41) is 0. The Morgan fingerprint density at radius 2 is 1.94 bits per heavy atom. The molecule has 3 fully saturated rings. The lowest BCUT2D eigenvalue weighted by Gasteiger charge is -2.30. The fraction of sp³-hybridized carbons (Fsp3) is 1.00. The number of hydrogen-bond acceptors (Lipinski definition) is 2. The minimum absolute atomic E-state index is 0.861. The Kier molecular flexibility index (Phi) is 3.21. The van der Waals surface area contributed by atoms with Crippen molar-refractivity contribution in [1.29, 1.82) is 0 Å². The summed E-state index contributed by atoms with van der Waals surface area (Å²) >= 11 is 0. The molecule has 3 atom stereocenters. The zero-order chi connectivity index (χ0) is 11.0. The van der Waals surface area contributed by atoms with Gasteiger partial charge < -0.3 is 10.6 Å². The van der Waals surface area contributed by atoms with Gasteiger partial charge in [0.05, 0.1) is 0 Å². The van der Waals surface area contributed by atoms with Crippen molar-refractivity contribution in [3.05, 3.63) is 0 Å². The molecule has 0 aliphatic heterocycles. The van der Waals surface area contributed by atoms with E-state index in [4.69, 9.17) is 5.73 Å². The minimum atomic E-state index is 0.861. The number of hydrogen-bond donors (Lipinski definition) is 1. The maximum atomic E-state index is 5.64. The van der Waals surface area contributed by atoms with Crippen molar-refractivity contribution in [3.8, 4) is 0 Å². The molecule has 0 spiro atoms. The monoisotopic (exact) mass is 222 g/mol. The minimum Gasteiger partial charge on any atom is -0.330 e. The van der Waals surface area contributed by atoms with Crippen molar-refractivity contribution >= 4 is 0 Å². The number of nitrogens with zero attached hydrogens (tertiary/aromatic N) is 1. The van der Waals surface area contributed by atoms with Gasteiger partial charge in [0.1, 0.15) is 0 Å². The van der Waals surface area contributed by atoms with E-state index in [-0.39, 0.29) is 0 Å². The average molecular weight is 222 g/mol. The highest BCUT2D eigenvalue weighted by atomic mass is 15.2. The van der Waals surface area contributed by atoms with E-state index in [1.165, 1.54) is 51.6 Å². The van der Waals surface area contributed by atoms with Crippen molar-refractivity contribution in [3.63, 3.8) is 0 Å². The van der Waals surface area contributed by atoms with Crippen molar-refractivity contribution in [1.82, 2.24) is 4.90 Å². The molecule has 0 aromatic rings. The lowest BCUT2D eigenvalue weighted by Crippen LogP contribution is -2.35. The summed E-state index contributed by atoms with van der Waals surface area (Å²) < 4.78 is 0. The van der Waals surface area contributed by atoms with Crippen LogP contribution in [0.2, 0.25) is 0 Å².